The summed E-state index contributed by atoms with van der Waals surface area (Å²) in [4.78, 5) is 51.1. The molecule has 0 fully saturated rings. The molecule has 1 heterocycles. The number of nitrogens with one attached hydrogen (secondary N) is 2. The molecule has 2 N–H and O–H groups in total. The number of carbonyl (C=O) groups excluding carboxylic acids is 4. The van der Waals surface area contributed by atoms with Crippen LogP contribution in [-0.2, 0) is 19.1 Å². The number of rotatable bonds is 7. The van der Waals surface area contributed by atoms with Crippen LogP contribution in [0.15, 0.2) is 0 Å². The van der Waals surface area contributed by atoms with Crippen molar-refractivity contribution in [3.8, 4) is 0 Å². The number of nitrogens with zero attached hydrogens (tertiary/aromatic N) is 1. The summed E-state index contributed by atoms with van der Waals surface area (Å²) in [7, 11) is 2.89. The maximum atomic E-state index is 12.2. The van der Waals surface area contributed by atoms with Gasteiger partial charge in [-0.15, -0.1) is 0 Å². The fourth-order valence-electron chi connectivity index (χ4n) is 2.16. The maximum absolute atomic E-state index is 12.2. The fraction of sp³-hybridized carbons (Fsp3) is 0.500. The predicted octanol–water partition coefficient (Wildman–Crippen LogP) is 0.169. The summed E-state index contributed by atoms with van der Waals surface area (Å²) >= 11 is 0. The van der Waals surface area contributed by atoms with Gasteiger partial charge in [-0.1, -0.05) is 0 Å². The first-order valence-electron chi connectivity index (χ1n) is 7.70. The number of carbonyl (C=O) groups is 4. The molecular formula is C16H23N3O6. The predicted molar refractivity (Wildman–Crippen MR) is 88.2 cm³/mol. The Bertz CT molecular complexity index is 680. The van der Waals surface area contributed by atoms with Crippen LogP contribution in [-0.4, -0.2) is 67.5 Å². The van der Waals surface area contributed by atoms with Crippen LogP contribution in [0.1, 0.15) is 39.0 Å². The van der Waals surface area contributed by atoms with Crippen molar-refractivity contribution in [3.05, 3.63) is 22.5 Å². The smallest absolute Gasteiger partial charge is 0.355 e. The number of ether oxygens (including phenoxy) is 2. The molecule has 0 spiro atoms. The second kappa shape index (κ2) is 8.86. The Kier molecular flexibility index (Phi) is 7.16. The summed E-state index contributed by atoms with van der Waals surface area (Å²) in [5.74, 6) is -2.15. The second-order valence-electron chi connectivity index (χ2n) is 5.34. The van der Waals surface area contributed by atoms with E-state index in [4.69, 9.17) is 9.47 Å². The quantitative estimate of drug-likeness (QED) is 0.675. The molecule has 1 rings (SSSR count). The van der Waals surface area contributed by atoms with Crippen molar-refractivity contribution < 1.29 is 28.7 Å². The molecule has 0 unspecified atom stereocenters. The summed E-state index contributed by atoms with van der Waals surface area (Å²) in [6.07, 6.45) is 0. The number of hydrogen-bond donors (Lipinski definition) is 2. The number of hydrogen-bond acceptors (Lipinski definition) is 6. The van der Waals surface area contributed by atoms with Gasteiger partial charge in [0.15, 0.2) is 6.61 Å². The summed E-state index contributed by atoms with van der Waals surface area (Å²) in [5.41, 5.74) is 1.20. The average molecular weight is 353 g/mol. The van der Waals surface area contributed by atoms with Crippen LogP contribution >= 0.6 is 0 Å². The number of esters is 2. The molecule has 138 valence electrons. The van der Waals surface area contributed by atoms with Crippen molar-refractivity contribution >= 4 is 23.8 Å². The number of aryl methyl sites for hydroxylation is 1. The lowest BCUT2D eigenvalue weighted by molar-refractivity contribution is -0.137. The Morgan fingerprint density at radius 3 is 2.32 bits per heavy atom. The van der Waals surface area contributed by atoms with Crippen LogP contribution < -0.4 is 5.32 Å². The molecule has 9 nitrogen and oxygen atoms in total. The van der Waals surface area contributed by atoms with E-state index in [1.54, 1.807) is 20.8 Å². The maximum Gasteiger partial charge on any atom is 0.355 e. The zero-order valence-corrected chi connectivity index (χ0v) is 15.0. The van der Waals surface area contributed by atoms with Gasteiger partial charge in [-0.05, 0) is 26.3 Å². The first-order chi connectivity index (χ1) is 11.7. The van der Waals surface area contributed by atoms with Crippen molar-refractivity contribution in [1.29, 1.82) is 0 Å². The van der Waals surface area contributed by atoms with Gasteiger partial charge >= 0.3 is 11.9 Å². The summed E-state index contributed by atoms with van der Waals surface area (Å²) in [5, 5.41) is 2.39. The van der Waals surface area contributed by atoms with Gasteiger partial charge in [0.05, 0.1) is 18.7 Å². The molecule has 0 bridgehead atoms. The lowest BCUT2D eigenvalue weighted by atomic mass is 10.1. The summed E-state index contributed by atoms with van der Waals surface area (Å²) < 4.78 is 9.92. The monoisotopic (exact) mass is 353 g/mol. The number of H-pyrrole nitrogens is 1. The third-order valence-electron chi connectivity index (χ3n) is 3.53. The first kappa shape index (κ1) is 20.2. The number of aromatic nitrogens is 1. The van der Waals surface area contributed by atoms with Crippen LogP contribution in [0.25, 0.3) is 0 Å². The molecule has 9 heteroatoms. The standard InChI is InChI=1S/C16H23N3O6/c1-6-24-16(23)14-9(2)13(10(3)18-14)15(22)25-8-12(21)19(5)7-11(20)17-4/h18H,6-8H2,1-5H3,(H,17,20). The lowest BCUT2D eigenvalue weighted by Crippen LogP contribution is -2.39. The molecule has 0 aromatic carbocycles. The van der Waals surface area contributed by atoms with E-state index in [2.05, 4.69) is 10.3 Å². The molecule has 0 saturated carbocycles. The molecule has 2 amide bonds. The van der Waals surface area contributed by atoms with Crippen LogP contribution in [0.2, 0.25) is 0 Å². The fourth-order valence-corrected chi connectivity index (χ4v) is 2.16. The van der Waals surface area contributed by atoms with Gasteiger partial charge in [-0.2, -0.15) is 0 Å². The van der Waals surface area contributed by atoms with E-state index < -0.39 is 24.5 Å². The molecule has 25 heavy (non-hydrogen) atoms. The molecule has 0 radical (unpaired) electrons. The first-order valence-corrected chi connectivity index (χ1v) is 7.70. The zero-order chi connectivity index (χ0) is 19.1. The molecule has 1 aromatic rings. The minimum Gasteiger partial charge on any atom is -0.461 e. The van der Waals surface area contributed by atoms with E-state index in [-0.39, 0.29) is 30.3 Å². The molecule has 0 aliphatic carbocycles. The lowest BCUT2D eigenvalue weighted by Gasteiger charge is -2.16. The normalized spacial score (nSPS) is 10.1. The van der Waals surface area contributed by atoms with E-state index in [1.807, 2.05) is 0 Å². The van der Waals surface area contributed by atoms with Crippen LogP contribution in [0.5, 0.6) is 0 Å². The zero-order valence-electron chi connectivity index (χ0n) is 15.0. The van der Waals surface area contributed by atoms with Crippen LogP contribution in [0, 0.1) is 13.8 Å². The van der Waals surface area contributed by atoms with Gasteiger partial charge < -0.3 is 24.7 Å². The Balaban J connectivity index is 2.77. The van der Waals surface area contributed by atoms with E-state index in [0.29, 0.717) is 11.3 Å². The van der Waals surface area contributed by atoms with Gasteiger partial charge in [-0.3, -0.25) is 9.59 Å². The highest BCUT2D eigenvalue weighted by Crippen LogP contribution is 2.19. The Morgan fingerprint density at radius 2 is 1.76 bits per heavy atom. The van der Waals surface area contributed by atoms with E-state index in [9.17, 15) is 19.2 Å². The Labute approximate surface area is 145 Å². The highest BCUT2D eigenvalue weighted by Gasteiger charge is 2.24. The molecule has 0 saturated heterocycles. The second-order valence-corrected chi connectivity index (χ2v) is 5.34. The van der Waals surface area contributed by atoms with Crippen molar-refractivity contribution in [2.24, 2.45) is 0 Å². The summed E-state index contributed by atoms with van der Waals surface area (Å²) in [6, 6.07) is 0. The third kappa shape index (κ3) is 5.07. The highest BCUT2D eigenvalue weighted by molar-refractivity contribution is 5.99. The highest BCUT2D eigenvalue weighted by atomic mass is 16.5. The summed E-state index contributed by atoms with van der Waals surface area (Å²) in [6.45, 7) is 4.45. The van der Waals surface area contributed by atoms with Gasteiger partial charge in [0.2, 0.25) is 5.91 Å². The minimum atomic E-state index is -0.733. The van der Waals surface area contributed by atoms with Gasteiger partial charge in [0.1, 0.15) is 5.69 Å². The average Bonchev–Trinajstić information content (AvgIpc) is 2.86. The Morgan fingerprint density at radius 1 is 1.12 bits per heavy atom. The van der Waals surface area contributed by atoms with E-state index in [1.165, 1.54) is 14.1 Å². The SMILES string of the molecule is CCOC(=O)c1[nH]c(C)c(C(=O)OCC(=O)N(C)CC(=O)NC)c1C. The van der Waals surface area contributed by atoms with Crippen molar-refractivity contribution in [3.63, 3.8) is 0 Å². The van der Waals surface area contributed by atoms with Crippen LogP contribution in [0.4, 0.5) is 0 Å². The van der Waals surface area contributed by atoms with Crippen molar-refractivity contribution in [2.45, 2.75) is 20.8 Å². The minimum absolute atomic E-state index is 0.137. The van der Waals surface area contributed by atoms with Gasteiger partial charge in [0.25, 0.3) is 5.91 Å². The molecule has 1 aromatic heterocycles. The Hall–Kier alpha value is -2.84. The number of likely N-dealkylation sites (N-methyl/N-ethyl adjacent to an activating group) is 2. The number of amides is 2. The van der Waals surface area contributed by atoms with Crippen molar-refractivity contribution in [1.82, 2.24) is 15.2 Å². The topological polar surface area (TPSA) is 118 Å². The molecule has 0 aliphatic rings. The number of aromatic amines is 1. The van der Waals surface area contributed by atoms with E-state index >= 15 is 0 Å². The van der Waals surface area contributed by atoms with Crippen LogP contribution in [0.3, 0.4) is 0 Å². The molecule has 0 atom stereocenters. The largest absolute Gasteiger partial charge is 0.461 e. The molecular weight excluding hydrogens is 330 g/mol. The van der Waals surface area contributed by atoms with Crippen molar-refractivity contribution in [2.75, 3.05) is 33.9 Å². The van der Waals surface area contributed by atoms with Gasteiger partial charge in [0, 0.05) is 19.8 Å². The molecule has 0 aliphatic heterocycles. The third-order valence-corrected chi connectivity index (χ3v) is 3.53. The van der Waals surface area contributed by atoms with Gasteiger partial charge in [-0.25, -0.2) is 9.59 Å². The van der Waals surface area contributed by atoms with E-state index in [0.717, 1.165) is 4.90 Å².